The second kappa shape index (κ2) is 9.18. The highest BCUT2D eigenvalue weighted by Gasteiger charge is 2.13. The first-order valence-electron chi connectivity index (χ1n) is 8.46. The number of unbranched alkanes of at least 4 members (excludes halogenated alkanes) is 1. The molecule has 0 heterocycles. The van der Waals surface area contributed by atoms with Crippen molar-refractivity contribution in [2.45, 2.75) is 32.1 Å². The topological polar surface area (TPSA) is 64.7 Å². The third-order valence-corrected chi connectivity index (χ3v) is 4.11. The van der Waals surface area contributed by atoms with Gasteiger partial charge in [0.15, 0.2) is 11.5 Å². The van der Waals surface area contributed by atoms with Crippen molar-refractivity contribution in [3.05, 3.63) is 53.6 Å². The maximum Gasteiger partial charge on any atom is 0.161 e. The van der Waals surface area contributed by atoms with Gasteiger partial charge in [0.05, 0.1) is 13.7 Å². The molecule has 0 saturated heterocycles. The summed E-state index contributed by atoms with van der Waals surface area (Å²) in [4.78, 5) is 0. The van der Waals surface area contributed by atoms with Gasteiger partial charge in [-0.05, 0) is 54.8 Å². The van der Waals surface area contributed by atoms with Crippen LogP contribution in [0, 0.1) is 0 Å². The van der Waals surface area contributed by atoms with Gasteiger partial charge in [0.25, 0.3) is 0 Å². The Morgan fingerprint density at radius 3 is 2.46 bits per heavy atom. The highest BCUT2D eigenvalue weighted by Crippen LogP contribution is 2.30. The summed E-state index contributed by atoms with van der Waals surface area (Å²) in [7, 11) is 1.66. The first-order chi connectivity index (χ1) is 11.7. The van der Waals surface area contributed by atoms with Crippen LogP contribution >= 0.6 is 0 Å². The molecule has 0 spiro atoms. The molecule has 0 fully saturated rings. The Kier molecular flexibility index (Phi) is 6.94. The minimum absolute atomic E-state index is 0.196. The average Bonchev–Trinajstić information content (AvgIpc) is 2.61. The molecule has 130 valence electrons. The Morgan fingerprint density at radius 2 is 1.83 bits per heavy atom. The summed E-state index contributed by atoms with van der Waals surface area (Å²) in [5, 5.41) is 9.43. The number of ether oxygens (including phenoxy) is 2. The number of nitrogens with two attached hydrogens (primary N) is 1. The maximum absolute atomic E-state index is 9.43. The van der Waals surface area contributed by atoms with Crippen LogP contribution in [0.2, 0.25) is 0 Å². The summed E-state index contributed by atoms with van der Waals surface area (Å²) in [5.74, 6) is 2.00. The Bertz CT molecular complexity index is 625. The fraction of sp³-hybridized carbons (Fsp3) is 0.400. The summed E-state index contributed by atoms with van der Waals surface area (Å²) in [5.41, 5.74) is 8.23. The van der Waals surface area contributed by atoms with Crippen LogP contribution in [-0.2, 0) is 6.42 Å². The Morgan fingerprint density at radius 1 is 1.08 bits per heavy atom. The van der Waals surface area contributed by atoms with Crippen molar-refractivity contribution >= 4 is 0 Å². The van der Waals surface area contributed by atoms with E-state index in [1.54, 1.807) is 19.2 Å². The van der Waals surface area contributed by atoms with Crippen LogP contribution in [0.3, 0.4) is 0 Å². The number of hydrogen-bond acceptors (Lipinski definition) is 4. The monoisotopic (exact) mass is 329 g/mol. The van der Waals surface area contributed by atoms with Gasteiger partial charge in [-0.2, -0.15) is 0 Å². The number of phenols is 1. The molecule has 4 heteroatoms. The first-order valence-corrected chi connectivity index (χ1v) is 8.46. The molecule has 24 heavy (non-hydrogen) atoms. The minimum Gasteiger partial charge on any atom is -0.508 e. The fourth-order valence-corrected chi connectivity index (χ4v) is 2.65. The van der Waals surface area contributed by atoms with Crippen molar-refractivity contribution in [2.24, 2.45) is 5.73 Å². The molecule has 2 rings (SSSR count). The molecule has 0 aromatic heterocycles. The molecule has 1 atom stereocenters. The van der Waals surface area contributed by atoms with E-state index in [-0.39, 0.29) is 11.7 Å². The highest BCUT2D eigenvalue weighted by molar-refractivity contribution is 5.43. The predicted molar refractivity (Wildman–Crippen MR) is 97.0 cm³/mol. The molecule has 3 N–H and O–H groups in total. The van der Waals surface area contributed by atoms with Gasteiger partial charge < -0.3 is 20.3 Å². The lowest BCUT2D eigenvalue weighted by Gasteiger charge is -2.17. The predicted octanol–water partition coefficient (Wildman–Crippen LogP) is 3.86. The van der Waals surface area contributed by atoms with Gasteiger partial charge >= 0.3 is 0 Å². The van der Waals surface area contributed by atoms with Crippen molar-refractivity contribution in [1.82, 2.24) is 0 Å². The SMILES string of the molecule is CCCCOc1ccc(CC(CN)c2ccc(O)cc2)cc1OC. The van der Waals surface area contributed by atoms with Crippen LogP contribution in [-0.4, -0.2) is 25.4 Å². The third kappa shape index (κ3) is 4.90. The second-order valence-electron chi connectivity index (χ2n) is 5.92. The van der Waals surface area contributed by atoms with Crippen LogP contribution in [0.15, 0.2) is 42.5 Å². The minimum atomic E-state index is 0.196. The molecule has 2 aromatic rings. The summed E-state index contributed by atoms with van der Waals surface area (Å²) in [6.07, 6.45) is 2.94. The Hall–Kier alpha value is -2.20. The van der Waals surface area contributed by atoms with Gasteiger partial charge in [-0.15, -0.1) is 0 Å². The average molecular weight is 329 g/mol. The smallest absolute Gasteiger partial charge is 0.161 e. The molecule has 0 bridgehead atoms. The van der Waals surface area contributed by atoms with Crippen molar-refractivity contribution in [3.63, 3.8) is 0 Å². The van der Waals surface area contributed by atoms with Gasteiger partial charge in [-0.25, -0.2) is 0 Å². The van der Waals surface area contributed by atoms with E-state index in [1.165, 1.54) is 0 Å². The van der Waals surface area contributed by atoms with Gasteiger partial charge in [0.2, 0.25) is 0 Å². The van der Waals surface area contributed by atoms with E-state index in [0.29, 0.717) is 13.2 Å². The van der Waals surface area contributed by atoms with Crippen molar-refractivity contribution < 1.29 is 14.6 Å². The number of benzene rings is 2. The summed E-state index contributed by atoms with van der Waals surface area (Å²) in [6, 6.07) is 13.3. The molecule has 0 aliphatic heterocycles. The summed E-state index contributed by atoms with van der Waals surface area (Å²) in [6.45, 7) is 3.38. The van der Waals surface area contributed by atoms with E-state index in [4.69, 9.17) is 15.2 Å². The zero-order valence-electron chi connectivity index (χ0n) is 14.5. The van der Waals surface area contributed by atoms with Gasteiger partial charge in [0, 0.05) is 5.92 Å². The molecular weight excluding hydrogens is 302 g/mol. The van der Waals surface area contributed by atoms with Crippen molar-refractivity contribution in [1.29, 1.82) is 0 Å². The van der Waals surface area contributed by atoms with E-state index in [0.717, 1.165) is 41.9 Å². The van der Waals surface area contributed by atoms with Gasteiger partial charge in [0.1, 0.15) is 5.75 Å². The lowest BCUT2D eigenvalue weighted by molar-refractivity contribution is 0.288. The molecule has 0 saturated carbocycles. The molecule has 0 aliphatic carbocycles. The third-order valence-electron chi connectivity index (χ3n) is 4.11. The zero-order valence-corrected chi connectivity index (χ0v) is 14.5. The number of aromatic hydroxyl groups is 1. The van der Waals surface area contributed by atoms with Crippen LogP contribution in [0.4, 0.5) is 0 Å². The maximum atomic E-state index is 9.43. The number of phenolic OH excluding ortho intramolecular Hbond substituents is 1. The summed E-state index contributed by atoms with van der Waals surface area (Å²) >= 11 is 0. The number of hydrogen-bond donors (Lipinski definition) is 2. The number of methoxy groups -OCH3 is 1. The normalized spacial score (nSPS) is 12.0. The molecule has 4 nitrogen and oxygen atoms in total. The summed E-state index contributed by atoms with van der Waals surface area (Å²) < 4.78 is 11.2. The Labute approximate surface area is 144 Å². The zero-order chi connectivity index (χ0) is 17.4. The van der Waals surface area contributed by atoms with Crippen LogP contribution in [0.5, 0.6) is 17.2 Å². The van der Waals surface area contributed by atoms with Crippen molar-refractivity contribution in [2.75, 3.05) is 20.3 Å². The highest BCUT2D eigenvalue weighted by atomic mass is 16.5. The second-order valence-corrected chi connectivity index (χ2v) is 5.92. The molecule has 0 amide bonds. The lowest BCUT2D eigenvalue weighted by atomic mass is 9.92. The molecule has 0 radical (unpaired) electrons. The van der Waals surface area contributed by atoms with E-state index < -0.39 is 0 Å². The largest absolute Gasteiger partial charge is 0.508 e. The standard InChI is InChI=1S/C20H27NO3/c1-3-4-11-24-19-10-5-15(13-20(19)23-2)12-17(14-21)16-6-8-18(22)9-7-16/h5-10,13,17,22H,3-4,11-12,14,21H2,1-2H3. The quantitative estimate of drug-likeness (QED) is 0.686. The number of rotatable bonds is 9. The Balaban J connectivity index is 2.11. The van der Waals surface area contributed by atoms with E-state index in [1.807, 2.05) is 24.3 Å². The molecule has 1 unspecified atom stereocenters. The fourth-order valence-electron chi connectivity index (χ4n) is 2.65. The van der Waals surface area contributed by atoms with E-state index >= 15 is 0 Å². The lowest BCUT2D eigenvalue weighted by Crippen LogP contribution is -2.15. The van der Waals surface area contributed by atoms with Crippen LogP contribution in [0.1, 0.15) is 36.8 Å². The molecular formula is C20H27NO3. The molecule has 0 aliphatic rings. The van der Waals surface area contributed by atoms with E-state index in [2.05, 4.69) is 13.0 Å². The molecule has 2 aromatic carbocycles. The van der Waals surface area contributed by atoms with Gasteiger partial charge in [-0.3, -0.25) is 0 Å². The van der Waals surface area contributed by atoms with Crippen LogP contribution in [0.25, 0.3) is 0 Å². The van der Waals surface area contributed by atoms with Crippen LogP contribution < -0.4 is 15.2 Å². The first kappa shape index (κ1) is 18.1. The van der Waals surface area contributed by atoms with Crippen molar-refractivity contribution in [3.8, 4) is 17.2 Å². The van der Waals surface area contributed by atoms with Gasteiger partial charge in [-0.1, -0.05) is 31.5 Å². The van der Waals surface area contributed by atoms with E-state index in [9.17, 15) is 5.11 Å².